The van der Waals surface area contributed by atoms with Crippen LogP contribution in [0.2, 0.25) is 0 Å². The molecular weight excluding hydrogens is 188 g/mol. The summed E-state index contributed by atoms with van der Waals surface area (Å²) < 4.78 is 24.6. The first-order valence-corrected chi connectivity index (χ1v) is 4.79. The lowest BCUT2D eigenvalue weighted by Crippen LogP contribution is -2.42. The van der Waals surface area contributed by atoms with Gasteiger partial charge in [0.25, 0.3) is 0 Å². The van der Waals surface area contributed by atoms with Crippen molar-refractivity contribution in [2.45, 2.75) is 25.3 Å². The smallest absolute Gasteiger partial charge is 0.241 e. The number of alkyl halides is 2. The zero-order valence-corrected chi connectivity index (χ0v) is 8.00. The third kappa shape index (κ3) is 3.20. The van der Waals surface area contributed by atoms with Gasteiger partial charge in [-0.15, -0.1) is 0 Å². The van der Waals surface area contributed by atoms with Gasteiger partial charge in [0, 0.05) is 12.5 Å². The molecule has 0 aromatic rings. The van der Waals surface area contributed by atoms with E-state index in [4.69, 9.17) is 11.0 Å². The van der Waals surface area contributed by atoms with Crippen molar-refractivity contribution in [3.63, 3.8) is 0 Å². The van der Waals surface area contributed by atoms with E-state index in [9.17, 15) is 8.78 Å². The van der Waals surface area contributed by atoms with Crippen LogP contribution in [0.15, 0.2) is 0 Å². The second kappa shape index (κ2) is 5.23. The van der Waals surface area contributed by atoms with Crippen LogP contribution in [0, 0.1) is 17.2 Å². The Morgan fingerprint density at radius 2 is 2.00 bits per heavy atom. The minimum atomic E-state index is -2.21. The highest BCUT2D eigenvalue weighted by atomic mass is 19.3. The van der Waals surface area contributed by atoms with Crippen LogP contribution in [-0.4, -0.2) is 37.0 Å². The predicted octanol–water partition coefficient (Wildman–Crippen LogP) is 0.814. The number of rotatable bonds is 3. The predicted molar refractivity (Wildman–Crippen MR) is 48.8 cm³/mol. The molecule has 3 nitrogen and oxygen atoms in total. The van der Waals surface area contributed by atoms with Crippen LogP contribution in [0.3, 0.4) is 0 Å². The van der Waals surface area contributed by atoms with Crippen molar-refractivity contribution in [3.8, 4) is 6.07 Å². The number of nitrogens with zero attached hydrogens (tertiary/aromatic N) is 2. The zero-order chi connectivity index (χ0) is 10.6. The van der Waals surface area contributed by atoms with E-state index in [-0.39, 0.29) is 0 Å². The molecule has 0 saturated carbocycles. The van der Waals surface area contributed by atoms with E-state index in [0.29, 0.717) is 32.5 Å². The average molecular weight is 203 g/mol. The van der Waals surface area contributed by atoms with E-state index in [1.807, 2.05) is 11.0 Å². The van der Waals surface area contributed by atoms with E-state index in [2.05, 4.69) is 0 Å². The molecule has 5 heteroatoms. The molecule has 1 saturated heterocycles. The van der Waals surface area contributed by atoms with Crippen LogP contribution in [0.4, 0.5) is 8.78 Å². The fourth-order valence-corrected chi connectivity index (χ4v) is 1.71. The lowest BCUT2D eigenvalue weighted by Gasteiger charge is -2.31. The number of hydrogen-bond donors (Lipinski definition) is 1. The molecule has 0 aromatic heterocycles. The molecular formula is C9H15F2N3. The summed E-state index contributed by atoms with van der Waals surface area (Å²) >= 11 is 0. The van der Waals surface area contributed by atoms with Crippen LogP contribution in [-0.2, 0) is 0 Å². The standard InChI is InChI=1S/C9H15F2N3/c10-9(11)7-1-3-14(4-2-7)6-8(13)5-12/h7-9H,1-4,6,13H2. The minimum absolute atomic E-state index is 0.468. The second-order valence-electron chi connectivity index (χ2n) is 3.71. The van der Waals surface area contributed by atoms with Crippen LogP contribution in [0.25, 0.3) is 0 Å². The Hall–Kier alpha value is -0.730. The minimum Gasteiger partial charge on any atom is -0.315 e. The van der Waals surface area contributed by atoms with Gasteiger partial charge in [0.05, 0.1) is 6.07 Å². The van der Waals surface area contributed by atoms with Gasteiger partial charge in [-0.05, 0) is 25.9 Å². The molecule has 0 amide bonds. The van der Waals surface area contributed by atoms with E-state index in [1.165, 1.54) is 0 Å². The molecule has 1 fully saturated rings. The molecule has 1 atom stereocenters. The maximum atomic E-state index is 12.3. The molecule has 80 valence electrons. The number of hydrogen-bond acceptors (Lipinski definition) is 3. The first-order chi connectivity index (χ1) is 6.63. The van der Waals surface area contributed by atoms with Gasteiger partial charge in [-0.1, -0.05) is 0 Å². The Morgan fingerprint density at radius 3 is 2.43 bits per heavy atom. The second-order valence-corrected chi connectivity index (χ2v) is 3.71. The number of nitriles is 1. The molecule has 0 radical (unpaired) electrons. The summed E-state index contributed by atoms with van der Waals surface area (Å²) in [4.78, 5) is 1.98. The van der Waals surface area contributed by atoms with Gasteiger partial charge >= 0.3 is 0 Å². The number of halogens is 2. The molecule has 14 heavy (non-hydrogen) atoms. The van der Waals surface area contributed by atoms with E-state index < -0.39 is 18.4 Å². The molecule has 0 aliphatic carbocycles. The summed E-state index contributed by atoms with van der Waals surface area (Å²) in [5.41, 5.74) is 5.45. The Labute approximate surface area is 82.5 Å². The van der Waals surface area contributed by atoms with E-state index in [0.717, 1.165) is 0 Å². The van der Waals surface area contributed by atoms with Gasteiger partial charge in [-0.2, -0.15) is 5.26 Å². The zero-order valence-electron chi connectivity index (χ0n) is 8.00. The number of piperidine rings is 1. The maximum Gasteiger partial charge on any atom is 0.241 e. The maximum absolute atomic E-state index is 12.3. The molecule has 2 N–H and O–H groups in total. The third-order valence-electron chi connectivity index (χ3n) is 2.61. The van der Waals surface area contributed by atoms with Crippen molar-refractivity contribution in [1.82, 2.24) is 4.90 Å². The Kier molecular flexibility index (Phi) is 4.23. The van der Waals surface area contributed by atoms with Gasteiger partial charge in [0.2, 0.25) is 6.43 Å². The van der Waals surface area contributed by atoms with Gasteiger partial charge in [-0.25, -0.2) is 8.78 Å². The van der Waals surface area contributed by atoms with Crippen molar-refractivity contribution >= 4 is 0 Å². The molecule has 1 aliphatic rings. The normalized spacial score (nSPS) is 22.2. The quantitative estimate of drug-likeness (QED) is 0.738. The molecule has 1 aliphatic heterocycles. The van der Waals surface area contributed by atoms with Crippen molar-refractivity contribution in [1.29, 1.82) is 5.26 Å². The molecule has 0 spiro atoms. The summed E-state index contributed by atoms with van der Waals surface area (Å²) in [6.45, 7) is 1.75. The first-order valence-electron chi connectivity index (χ1n) is 4.79. The van der Waals surface area contributed by atoms with Gasteiger partial charge in [0.1, 0.15) is 6.04 Å². The fraction of sp³-hybridized carbons (Fsp3) is 0.889. The van der Waals surface area contributed by atoms with Crippen LogP contribution < -0.4 is 5.73 Å². The molecule has 0 bridgehead atoms. The summed E-state index contributed by atoms with van der Waals surface area (Å²) in [6.07, 6.45) is -1.19. The molecule has 1 rings (SSSR count). The fourth-order valence-electron chi connectivity index (χ4n) is 1.71. The molecule has 1 unspecified atom stereocenters. The monoisotopic (exact) mass is 203 g/mol. The van der Waals surface area contributed by atoms with Gasteiger partial charge < -0.3 is 10.6 Å². The Balaban J connectivity index is 2.26. The number of likely N-dealkylation sites (tertiary alicyclic amines) is 1. The summed E-state index contributed by atoms with van der Waals surface area (Å²) in [5, 5.41) is 8.48. The average Bonchev–Trinajstić information content (AvgIpc) is 2.18. The van der Waals surface area contributed by atoms with Crippen LogP contribution in [0.1, 0.15) is 12.8 Å². The van der Waals surface area contributed by atoms with E-state index in [1.54, 1.807) is 0 Å². The Morgan fingerprint density at radius 1 is 1.43 bits per heavy atom. The van der Waals surface area contributed by atoms with Gasteiger partial charge in [-0.3, -0.25) is 0 Å². The summed E-state index contributed by atoms with van der Waals surface area (Å²) in [6, 6.07) is 1.43. The molecule has 0 aromatic carbocycles. The summed E-state index contributed by atoms with van der Waals surface area (Å²) in [5.74, 6) is -0.468. The largest absolute Gasteiger partial charge is 0.315 e. The van der Waals surface area contributed by atoms with Crippen molar-refractivity contribution < 1.29 is 8.78 Å². The van der Waals surface area contributed by atoms with Gasteiger partial charge in [0.15, 0.2) is 0 Å². The highest BCUT2D eigenvalue weighted by Gasteiger charge is 2.26. The van der Waals surface area contributed by atoms with Crippen molar-refractivity contribution in [2.75, 3.05) is 19.6 Å². The summed E-state index contributed by atoms with van der Waals surface area (Å²) in [7, 11) is 0. The SMILES string of the molecule is N#CC(N)CN1CCC(C(F)F)CC1. The Bertz CT molecular complexity index is 207. The van der Waals surface area contributed by atoms with Crippen LogP contribution >= 0.6 is 0 Å². The lowest BCUT2D eigenvalue weighted by atomic mass is 9.97. The van der Waals surface area contributed by atoms with Crippen LogP contribution in [0.5, 0.6) is 0 Å². The first kappa shape index (κ1) is 11.3. The highest BCUT2D eigenvalue weighted by Crippen LogP contribution is 2.23. The molecule has 1 heterocycles. The lowest BCUT2D eigenvalue weighted by molar-refractivity contribution is 0.0350. The topological polar surface area (TPSA) is 53.1 Å². The van der Waals surface area contributed by atoms with E-state index >= 15 is 0 Å². The highest BCUT2D eigenvalue weighted by molar-refractivity contribution is 4.90. The number of nitrogens with two attached hydrogens (primary N) is 1. The van der Waals surface area contributed by atoms with Crippen molar-refractivity contribution in [3.05, 3.63) is 0 Å². The third-order valence-corrected chi connectivity index (χ3v) is 2.61. The van der Waals surface area contributed by atoms with Crippen molar-refractivity contribution in [2.24, 2.45) is 11.7 Å².